The molecule has 1 N–H and O–H groups in total. The molecule has 0 saturated heterocycles. The molecule has 0 fully saturated rings. The topological polar surface area (TPSA) is 50.4 Å². The van der Waals surface area contributed by atoms with Crippen molar-refractivity contribution in [2.75, 3.05) is 6.61 Å². The van der Waals surface area contributed by atoms with E-state index in [2.05, 4.69) is 10.2 Å². The average molecular weight is 209 g/mol. The van der Waals surface area contributed by atoms with Crippen LogP contribution in [0.1, 0.15) is 12.5 Å². The van der Waals surface area contributed by atoms with Crippen LogP contribution in [-0.2, 0) is 6.42 Å². The summed E-state index contributed by atoms with van der Waals surface area (Å²) in [5.41, 5.74) is 1.19. The van der Waals surface area contributed by atoms with E-state index in [4.69, 9.17) is 5.11 Å². The number of aromatic nitrogens is 3. The van der Waals surface area contributed by atoms with Gasteiger partial charge in [-0.1, -0.05) is 6.92 Å². The summed E-state index contributed by atoms with van der Waals surface area (Å²) in [6.45, 7) is 1.92. The van der Waals surface area contributed by atoms with E-state index in [1.807, 2.05) is 6.92 Å². The Morgan fingerprint density at radius 1 is 1.60 bits per heavy atom. The van der Waals surface area contributed by atoms with Crippen LogP contribution < -0.4 is 0 Å². The molecule has 2 aromatic rings. The maximum absolute atomic E-state index is 13.5. The van der Waals surface area contributed by atoms with Crippen LogP contribution in [0.3, 0.4) is 0 Å². The van der Waals surface area contributed by atoms with Crippen LogP contribution in [0.4, 0.5) is 4.39 Å². The number of aliphatic hydroxyl groups is 1. The second-order valence-corrected chi connectivity index (χ2v) is 3.73. The summed E-state index contributed by atoms with van der Waals surface area (Å²) in [6.07, 6.45) is 3.32. The molecule has 0 radical (unpaired) electrons. The van der Waals surface area contributed by atoms with Gasteiger partial charge in [0.1, 0.15) is 12.1 Å². The Morgan fingerprint density at radius 3 is 3.13 bits per heavy atom. The van der Waals surface area contributed by atoms with Crippen LogP contribution in [0.5, 0.6) is 0 Å². The van der Waals surface area contributed by atoms with Crippen molar-refractivity contribution >= 4 is 5.65 Å². The van der Waals surface area contributed by atoms with Gasteiger partial charge in [-0.2, -0.15) is 0 Å². The van der Waals surface area contributed by atoms with Crippen LogP contribution in [-0.4, -0.2) is 26.3 Å². The molecule has 0 aliphatic rings. The SMILES string of the molecule is C[C@H](CO)Cc1cc2nncn2cc1F. The number of fused-ring (bicyclic) bond motifs is 1. The van der Waals surface area contributed by atoms with E-state index >= 15 is 0 Å². The highest BCUT2D eigenvalue weighted by Gasteiger charge is 2.09. The summed E-state index contributed by atoms with van der Waals surface area (Å²) in [6, 6.07) is 1.66. The quantitative estimate of drug-likeness (QED) is 0.821. The molecule has 5 heteroatoms. The van der Waals surface area contributed by atoms with Crippen molar-refractivity contribution in [3.8, 4) is 0 Å². The number of halogens is 1. The fourth-order valence-electron chi connectivity index (χ4n) is 1.48. The lowest BCUT2D eigenvalue weighted by Gasteiger charge is -2.08. The monoisotopic (exact) mass is 209 g/mol. The molecule has 2 aromatic heterocycles. The van der Waals surface area contributed by atoms with Gasteiger partial charge < -0.3 is 5.11 Å². The summed E-state index contributed by atoms with van der Waals surface area (Å²) >= 11 is 0. The zero-order chi connectivity index (χ0) is 10.8. The fraction of sp³-hybridized carbons (Fsp3) is 0.400. The maximum Gasteiger partial charge on any atom is 0.161 e. The molecule has 0 unspecified atom stereocenters. The first-order valence-corrected chi connectivity index (χ1v) is 4.79. The van der Waals surface area contributed by atoms with Gasteiger partial charge in [-0.3, -0.25) is 4.40 Å². The van der Waals surface area contributed by atoms with Gasteiger partial charge in [0.2, 0.25) is 0 Å². The first kappa shape index (κ1) is 10.0. The number of pyridine rings is 1. The lowest BCUT2D eigenvalue weighted by molar-refractivity contribution is 0.236. The average Bonchev–Trinajstić information content (AvgIpc) is 2.65. The van der Waals surface area contributed by atoms with Gasteiger partial charge in [-0.05, 0) is 24.0 Å². The Kier molecular flexibility index (Phi) is 2.64. The molecule has 0 aliphatic heterocycles. The molecule has 80 valence electrons. The third kappa shape index (κ3) is 1.97. The van der Waals surface area contributed by atoms with Crippen molar-refractivity contribution in [1.29, 1.82) is 0 Å². The summed E-state index contributed by atoms with van der Waals surface area (Å²) in [4.78, 5) is 0. The largest absolute Gasteiger partial charge is 0.396 e. The zero-order valence-corrected chi connectivity index (χ0v) is 8.39. The minimum absolute atomic E-state index is 0.0462. The van der Waals surface area contributed by atoms with E-state index in [-0.39, 0.29) is 18.3 Å². The predicted molar refractivity (Wildman–Crippen MR) is 52.9 cm³/mol. The molecule has 0 amide bonds. The maximum atomic E-state index is 13.5. The Labute approximate surface area is 86.4 Å². The molecular formula is C10H12FN3O. The van der Waals surface area contributed by atoms with Gasteiger partial charge in [0.05, 0.1) is 0 Å². The van der Waals surface area contributed by atoms with E-state index in [1.54, 1.807) is 6.07 Å². The number of hydrogen-bond acceptors (Lipinski definition) is 3. The minimum atomic E-state index is -0.289. The zero-order valence-electron chi connectivity index (χ0n) is 8.39. The van der Waals surface area contributed by atoms with Gasteiger partial charge in [0, 0.05) is 12.8 Å². The normalized spacial score (nSPS) is 13.3. The third-order valence-electron chi connectivity index (χ3n) is 2.34. The molecule has 0 bridgehead atoms. The van der Waals surface area contributed by atoms with Crippen LogP contribution in [0.2, 0.25) is 0 Å². The van der Waals surface area contributed by atoms with E-state index in [0.29, 0.717) is 17.6 Å². The Hall–Kier alpha value is -1.49. The smallest absolute Gasteiger partial charge is 0.161 e. The molecule has 0 saturated carbocycles. The van der Waals surface area contributed by atoms with Crippen molar-refractivity contribution in [3.63, 3.8) is 0 Å². The minimum Gasteiger partial charge on any atom is -0.396 e. The highest BCUT2D eigenvalue weighted by molar-refractivity contribution is 5.40. The Bertz CT molecular complexity index is 469. The van der Waals surface area contributed by atoms with Crippen molar-refractivity contribution in [2.45, 2.75) is 13.3 Å². The summed E-state index contributed by atoms with van der Waals surface area (Å²) < 4.78 is 15.1. The van der Waals surface area contributed by atoms with Gasteiger partial charge in [0.15, 0.2) is 5.65 Å². The lowest BCUT2D eigenvalue weighted by atomic mass is 10.0. The van der Waals surface area contributed by atoms with Crippen molar-refractivity contribution in [1.82, 2.24) is 14.6 Å². The molecule has 2 heterocycles. The molecule has 2 rings (SSSR count). The Balaban J connectivity index is 2.37. The van der Waals surface area contributed by atoms with Gasteiger partial charge in [0.25, 0.3) is 0 Å². The van der Waals surface area contributed by atoms with Gasteiger partial charge >= 0.3 is 0 Å². The van der Waals surface area contributed by atoms with Crippen LogP contribution >= 0.6 is 0 Å². The lowest BCUT2D eigenvalue weighted by Crippen LogP contribution is -2.06. The van der Waals surface area contributed by atoms with Crippen molar-refractivity contribution in [2.24, 2.45) is 5.92 Å². The second-order valence-electron chi connectivity index (χ2n) is 3.73. The predicted octanol–water partition coefficient (Wildman–Crippen LogP) is 1.04. The molecule has 0 aliphatic carbocycles. The van der Waals surface area contributed by atoms with E-state index in [0.717, 1.165) is 0 Å². The van der Waals surface area contributed by atoms with Crippen LogP contribution in [0.25, 0.3) is 5.65 Å². The van der Waals surface area contributed by atoms with Gasteiger partial charge in [-0.25, -0.2) is 4.39 Å². The standard InChI is InChI=1S/C10H12FN3O/c1-7(5-15)2-8-3-10-13-12-6-14(10)4-9(8)11/h3-4,6-7,15H,2,5H2,1H3/t7-/m0/s1. The van der Waals surface area contributed by atoms with E-state index < -0.39 is 0 Å². The van der Waals surface area contributed by atoms with Crippen molar-refractivity contribution in [3.05, 3.63) is 30.0 Å². The van der Waals surface area contributed by atoms with E-state index in [9.17, 15) is 4.39 Å². The first-order chi connectivity index (χ1) is 7.20. The second kappa shape index (κ2) is 3.94. The molecule has 4 nitrogen and oxygen atoms in total. The molecular weight excluding hydrogens is 197 g/mol. The number of nitrogens with zero attached hydrogens (tertiary/aromatic N) is 3. The number of rotatable bonds is 3. The number of aliphatic hydroxyl groups excluding tert-OH is 1. The van der Waals surface area contributed by atoms with Crippen molar-refractivity contribution < 1.29 is 9.50 Å². The fourth-order valence-corrected chi connectivity index (χ4v) is 1.48. The molecule has 0 aromatic carbocycles. The van der Waals surface area contributed by atoms with Gasteiger partial charge in [-0.15, -0.1) is 10.2 Å². The summed E-state index contributed by atoms with van der Waals surface area (Å²) in [5, 5.41) is 16.4. The van der Waals surface area contributed by atoms with Crippen LogP contribution in [0, 0.1) is 11.7 Å². The highest BCUT2D eigenvalue weighted by Crippen LogP contribution is 2.14. The molecule has 1 atom stereocenters. The van der Waals surface area contributed by atoms with E-state index in [1.165, 1.54) is 16.9 Å². The Morgan fingerprint density at radius 2 is 2.40 bits per heavy atom. The van der Waals surface area contributed by atoms with Crippen LogP contribution in [0.15, 0.2) is 18.6 Å². The molecule has 0 spiro atoms. The summed E-state index contributed by atoms with van der Waals surface area (Å²) in [7, 11) is 0. The number of hydrogen-bond donors (Lipinski definition) is 1. The first-order valence-electron chi connectivity index (χ1n) is 4.79. The summed E-state index contributed by atoms with van der Waals surface area (Å²) in [5.74, 6) is -0.243. The highest BCUT2D eigenvalue weighted by atomic mass is 19.1. The third-order valence-corrected chi connectivity index (χ3v) is 2.34. The molecule has 15 heavy (non-hydrogen) atoms.